The molecule has 3 saturated carbocycles. The van der Waals surface area contributed by atoms with Crippen LogP contribution in [0.1, 0.15) is 86.0 Å². The van der Waals surface area contributed by atoms with Crippen molar-refractivity contribution in [3.8, 4) is 0 Å². The molecule has 4 aliphatic carbocycles. The third-order valence-electron chi connectivity index (χ3n) is 9.75. The van der Waals surface area contributed by atoms with Crippen LogP contribution in [-0.2, 0) is 23.9 Å². The normalized spacial score (nSPS) is 42.9. The van der Waals surface area contributed by atoms with Crippen LogP contribution in [0, 0.1) is 40.4 Å². The summed E-state index contributed by atoms with van der Waals surface area (Å²) in [6, 6.07) is 0. The van der Waals surface area contributed by atoms with E-state index in [-0.39, 0.29) is 40.6 Å². The van der Waals surface area contributed by atoms with Gasteiger partial charge in [0.05, 0.1) is 0 Å². The average Bonchev–Trinajstić information content (AvgIpc) is 3.08. The number of hydrogen-bond donors (Lipinski definition) is 0. The molecule has 32 heavy (non-hydrogen) atoms. The molecule has 0 aromatic carbocycles. The molecule has 5 heteroatoms. The maximum atomic E-state index is 12.5. The second-order valence-corrected chi connectivity index (χ2v) is 11.2. The lowest BCUT2D eigenvalue weighted by Gasteiger charge is -2.62. The molecule has 178 valence electrons. The van der Waals surface area contributed by atoms with Gasteiger partial charge < -0.3 is 9.47 Å². The molecule has 0 aliphatic heterocycles. The van der Waals surface area contributed by atoms with E-state index in [2.05, 4.69) is 20.8 Å². The summed E-state index contributed by atoms with van der Waals surface area (Å²) in [4.78, 5) is 36.8. The van der Waals surface area contributed by atoms with Gasteiger partial charge in [0.2, 0.25) is 0 Å². The molecule has 8 atom stereocenters. The second-order valence-electron chi connectivity index (χ2n) is 11.2. The van der Waals surface area contributed by atoms with Crippen LogP contribution in [-0.4, -0.2) is 30.4 Å². The summed E-state index contributed by atoms with van der Waals surface area (Å²) >= 11 is 0. The summed E-state index contributed by atoms with van der Waals surface area (Å²) in [7, 11) is 0. The number of fused-ring (bicyclic) bond motifs is 5. The molecule has 0 aromatic rings. The number of hydrogen-bond acceptors (Lipinski definition) is 5. The number of ketones is 1. The Labute approximate surface area is 192 Å². The predicted molar refractivity (Wildman–Crippen MR) is 122 cm³/mol. The van der Waals surface area contributed by atoms with E-state index in [0.29, 0.717) is 49.5 Å². The molecule has 5 nitrogen and oxygen atoms in total. The first-order chi connectivity index (χ1) is 15.2. The zero-order valence-electron chi connectivity index (χ0n) is 20.4. The Morgan fingerprint density at radius 1 is 1.03 bits per heavy atom. The van der Waals surface area contributed by atoms with Crippen LogP contribution in [0.15, 0.2) is 11.6 Å². The van der Waals surface area contributed by atoms with E-state index >= 15 is 0 Å². The third kappa shape index (κ3) is 3.54. The predicted octanol–water partition coefficient (Wildman–Crippen LogP) is 5.27. The van der Waals surface area contributed by atoms with Gasteiger partial charge in [-0.05, 0) is 67.8 Å². The molecule has 0 heterocycles. The zero-order valence-corrected chi connectivity index (χ0v) is 20.4. The molecule has 0 amide bonds. The topological polar surface area (TPSA) is 69.7 Å². The van der Waals surface area contributed by atoms with E-state index in [4.69, 9.17) is 9.47 Å². The summed E-state index contributed by atoms with van der Waals surface area (Å²) in [5.74, 6) is 1.97. The molecular formula is C27H40O5. The Balaban J connectivity index is 1.70. The Kier molecular flexibility index (Phi) is 6.32. The number of rotatable bonds is 5. The van der Waals surface area contributed by atoms with Crippen LogP contribution in [0.3, 0.4) is 0 Å². The lowest BCUT2D eigenvalue weighted by atomic mass is 9.43. The fourth-order valence-corrected chi connectivity index (χ4v) is 8.14. The highest BCUT2D eigenvalue weighted by atomic mass is 16.5. The molecule has 4 rings (SSSR count). The van der Waals surface area contributed by atoms with E-state index in [9.17, 15) is 14.4 Å². The fraction of sp³-hybridized carbons (Fsp3) is 0.815. The lowest BCUT2D eigenvalue weighted by molar-refractivity contribution is -0.168. The molecule has 4 aliphatic rings. The van der Waals surface area contributed by atoms with E-state index in [1.165, 1.54) is 5.57 Å². The summed E-state index contributed by atoms with van der Waals surface area (Å²) in [6.07, 6.45) is 8.19. The van der Waals surface area contributed by atoms with Crippen LogP contribution < -0.4 is 0 Å². The molecule has 0 N–H and O–H groups in total. The Hall–Kier alpha value is -1.65. The van der Waals surface area contributed by atoms with Crippen LogP contribution in [0.25, 0.3) is 0 Å². The lowest BCUT2D eigenvalue weighted by Crippen LogP contribution is -2.58. The first-order valence-electron chi connectivity index (χ1n) is 12.8. The molecule has 0 radical (unpaired) electrons. The van der Waals surface area contributed by atoms with Crippen molar-refractivity contribution in [2.24, 2.45) is 40.4 Å². The Morgan fingerprint density at radius 3 is 2.44 bits per heavy atom. The minimum Gasteiger partial charge on any atom is -0.465 e. The van der Waals surface area contributed by atoms with Crippen molar-refractivity contribution in [2.75, 3.05) is 6.61 Å². The van der Waals surface area contributed by atoms with E-state index in [0.717, 1.165) is 32.1 Å². The van der Waals surface area contributed by atoms with E-state index < -0.39 is 0 Å². The van der Waals surface area contributed by atoms with E-state index in [1.807, 2.05) is 19.9 Å². The van der Waals surface area contributed by atoms with Gasteiger partial charge in [0.25, 0.3) is 0 Å². The van der Waals surface area contributed by atoms with Gasteiger partial charge in [-0.25, -0.2) is 0 Å². The minimum atomic E-state index is -0.241. The van der Waals surface area contributed by atoms with Crippen molar-refractivity contribution in [1.82, 2.24) is 0 Å². The van der Waals surface area contributed by atoms with Gasteiger partial charge in [0.1, 0.15) is 12.7 Å². The first-order valence-corrected chi connectivity index (χ1v) is 12.8. The Morgan fingerprint density at radius 2 is 1.75 bits per heavy atom. The fourth-order valence-electron chi connectivity index (χ4n) is 8.14. The smallest absolute Gasteiger partial charge is 0.305 e. The van der Waals surface area contributed by atoms with Gasteiger partial charge in [-0.1, -0.05) is 40.2 Å². The molecule has 0 aromatic heterocycles. The van der Waals surface area contributed by atoms with E-state index in [1.54, 1.807) is 0 Å². The minimum absolute atomic E-state index is 0.00395. The molecule has 3 fully saturated rings. The number of carbonyl (C=O) groups excluding carboxylic acids is 3. The number of ether oxygens (including phenoxy) is 2. The molecular weight excluding hydrogens is 404 g/mol. The summed E-state index contributed by atoms with van der Waals surface area (Å²) in [6.45, 7) is 10.9. The van der Waals surface area contributed by atoms with Crippen LogP contribution in [0.5, 0.6) is 0 Å². The van der Waals surface area contributed by atoms with Crippen molar-refractivity contribution in [2.45, 2.75) is 92.1 Å². The van der Waals surface area contributed by atoms with Crippen LogP contribution in [0.4, 0.5) is 0 Å². The molecule has 0 spiro atoms. The van der Waals surface area contributed by atoms with Crippen molar-refractivity contribution >= 4 is 17.7 Å². The maximum Gasteiger partial charge on any atom is 0.305 e. The molecule has 0 saturated heterocycles. The van der Waals surface area contributed by atoms with Crippen molar-refractivity contribution in [3.63, 3.8) is 0 Å². The highest BCUT2D eigenvalue weighted by Gasteiger charge is 2.64. The first kappa shape index (κ1) is 23.5. The standard InChI is InChI=1S/C27H40O5/c1-6-23(29)31-15-27-17(4)13-19(28)14-18(27)12-16(3)25-20-8-9-22(32-24(30)7-2)26(20,5)11-10-21(25)27/h14,16-17,20-22,25H,6-13,15H2,1-5H3/t16-,17+,20+,21+,22+,25+,26+,27+/m1/s1. The number of esters is 2. The van der Waals surface area contributed by atoms with Crippen molar-refractivity contribution in [1.29, 1.82) is 0 Å². The molecule has 0 unspecified atom stereocenters. The zero-order chi connectivity index (χ0) is 23.3. The SMILES string of the molecule is CCC(=O)OC[C@@]12C(=CC(=O)C[C@@H]1C)C[C@@H](C)[C@H]1[C@@H]3CC[C@H](OC(=O)CC)[C@@]3(C)CC[C@@H]12. The van der Waals surface area contributed by atoms with Gasteiger partial charge in [0, 0.05) is 30.1 Å². The molecule has 0 bridgehead atoms. The maximum absolute atomic E-state index is 12.5. The van der Waals surface area contributed by atoms with Gasteiger partial charge in [-0.2, -0.15) is 0 Å². The average molecular weight is 445 g/mol. The monoisotopic (exact) mass is 444 g/mol. The third-order valence-corrected chi connectivity index (χ3v) is 9.75. The van der Waals surface area contributed by atoms with Crippen LogP contribution in [0.2, 0.25) is 0 Å². The Bertz CT molecular complexity index is 815. The highest BCUT2D eigenvalue weighted by Crippen LogP contribution is 2.68. The van der Waals surface area contributed by atoms with Crippen molar-refractivity contribution < 1.29 is 23.9 Å². The van der Waals surface area contributed by atoms with Gasteiger partial charge in [-0.15, -0.1) is 0 Å². The second kappa shape index (κ2) is 8.61. The number of carbonyl (C=O) groups is 3. The quantitative estimate of drug-likeness (QED) is 0.541. The highest BCUT2D eigenvalue weighted by molar-refractivity contribution is 5.92. The van der Waals surface area contributed by atoms with Gasteiger partial charge in [-0.3, -0.25) is 14.4 Å². The van der Waals surface area contributed by atoms with Gasteiger partial charge >= 0.3 is 11.9 Å². The largest absolute Gasteiger partial charge is 0.465 e. The van der Waals surface area contributed by atoms with Crippen molar-refractivity contribution in [3.05, 3.63) is 11.6 Å². The van der Waals surface area contributed by atoms with Crippen LogP contribution >= 0.6 is 0 Å². The van der Waals surface area contributed by atoms with Gasteiger partial charge in [0.15, 0.2) is 5.78 Å². The summed E-state index contributed by atoms with van der Waals surface area (Å²) in [5, 5.41) is 0. The summed E-state index contributed by atoms with van der Waals surface area (Å²) in [5.41, 5.74) is 0.987. The summed E-state index contributed by atoms with van der Waals surface area (Å²) < 4.78 is 11.8.